The third-order valence-corrected chi connectivity index (χ3v) is 5.17. The third kappa shape index (κ3) is 3.13. The molecule has 0 spiro atoms. The van der Waals surface area contributed by atoms with E-state index in [-0.39, 0.29) is 5.78 Å². The number of fused-ring (bicyclic) bond motifs is 1. The van der Waals surface area contributed by atoms with E-state index in [1.165, 1.54) is 11.1 Å². The predicted molar refractivity (Wildman–Crippen MR) is 84.5 cm³/mol. The van der Waals surface area contributed by atoms with Crippen molar-refractivity contribution in [3.8, 4) is 0 Å². The molecule has 0 amide bonds. The molecule has 0 saturated carbocycles. The Hall–Kier alpha value is -1.51. The van der Waals surface area contributed by atoms with Gasteiger partial charge in [-0.2, -0.15) is 0 Å². The molecule has 0 radical (unpaired) electrons. The van der Waals surface area contributed by atoms with Gasteiger partial charge in [-0.1, -0.05) is 0 Å². The molecule has 0 unspecified atom stereocenters. The molecule has 0 fully saturated rings. The number of hydrogen-bond acceptors (Lipinski definition) is 3. The second-order valence-corrected chi connectivity index (χ2v) is 6.73. The summed E-state index contributed by atoms with van der Waals surface area (Å²) >= 11 is 0. The molecule has 0 bridgehead atoms. The topological polar surface area (TPSA) is 51.2 Å². The van der Waals surface area contributed by atoms with Crippen molar-refractivity contribution in [3.05, 3.63) is 22.3 Å². The molecule has 0 aromatic rings. The van der Waals surface area contributed by atoms with Gasteiger partial charge in [-0.3, -0.25) is 14.4 Å². The number of Topliss-reactive ketones (excluding diaryl/α,β-unsaturated/α-hetero) is 3. The van der Waals surface area contributed by atoms with E-state index < -0.39 is 0 Å². The van der Waals surface area contributed by atoms with E-state index in [9.17, 15) is 14.4 Å². The fraction of sp³-hybridized carbons (Fsp3) is 0.632. The smallest absolute Gasteiger partial charge is 0.185 e. The highest BCUT2D eigenvalue weighted by molar-refractivity contribution is 6.13. The summed E-state index contributed by atoms with van der Waals surface area (Å²) in [4.78, 5) is 36.2. The van der Waals surface area contributed by atoms with Gasteiger partial charge in [0.1, 0.15) is 11.6 Å². The first-order valence-corrected chi connectivity index (χ1v) is 8.69. The van der Waals surface area contributed by atoms with Crippen LogP contribution in [0.2, 0.25) is 0 Å². The van der Waals surface area contributed by atoms with Crippen LogP contribution >= 0.6 is 0 Å². The molecule has 0 N–H and O–H groups in total. The summed E-state index contributed by atoms with van der Waals surface area (Å²) in [6, 6.07) is 0. The number of ketones is 3. The normalized spacial score (nSPS) is 24.8. The molecule has 0 saturated heterocycles. The molecule has 3 aliphatic rings. The van der Waals surface area contributed by atoms with Crippen LogP contribution in [0.25, 0.3) is 0 Å². The lowest BCUT2D eigenvalue weighted by Gasteiger charge is -2.10. The molecule has 0 aromatic heterocycles. The van der Waals surface area contributed by atoms with Gasteiger partial charge < -0.3 is 0 Å². The first-order chi connectivity index (χ1) is 10.7. The predicted octanol–water partition coefficient (Wildman–Crippen LogP) is 4.01. The molecule has 118 valence electrons. The molecule has 3 heteroatoms. The Morgan fingerprint density at radius 2 is 0.727 bits per heavy atom. The number of carbonyl (C=O) groups excluding carboxylic acids is 3. The maximum atomic E-state index is 12.8. The highest BCUT2D eigenvalue weighted by Gasteiger charge is 2.32. The number of hydrogen-bond donors (Lipinski definition) is 0. The minimum Gasteiger partial charge on any atom is -0.300 e. The maximum absolute atomic E-state index is 12.8. The molecule has 22 heavy (non-hydrogen) atoms. The molecule has 0 atom stereocenters. The lowest BCUT2D eigenvalue weighted by molar-refractivity contribution is -0.120. The van der Waals surface area contributed by atoms with Crippen LogP contribution in [0.3, 0.4) is 0 Å². The lowest BCUT2D eigenvalue weighted by Crippen LogP contribution is -2.04. The molecule has 3 nitrogen and oxygen atoms in total. The Labute approximate surface area is 131 Å². The van der Waals surface area contributed by atoms with Crippen molar-refractivity contribution in [1.29, 1.82) is 0 Å². The average molecular weight is 300 g/mol. The molecule has 3 rings (SSSR count). The van der Waals surface area contributed by atoms with E-state index in [1.54, 1.807) is 0 Å². The first kappa shape index (κ1) is 15.4. The SMILES string of the molecule is O=C1CCCC2=C(CCC1)C1=C(CCCC(=O)CCC1)C2=O. The maximum Gasteiger partial charge on any atom is 0.185 e. The quantitative estimate of drug-likeness (QED) is 0.679. The minimum atomic E-state index is 0.230. The van der Waals surface area contributed by atoms with Gasteiger partial charge >= 0.3 is 0 Å². The summed E-state index contributed by atoms with van der Waals surface area (Å²) in [5, 5.41) is 0. The summed E-state index contributed by atoms with van der Waals surface area (Å²) < 4.78 is 0. The Balaban J connectivity index is 1.87. The summed E-state index contributed by atoms with van der Waals surface area (Å²) in [6.45, 7) is 0. The van der Waals surface area contributed by atoms with Crippen LogP contribution in [-0.4, -0.2) is 17.3 Å². The number of rotatable bonds is 0. The van der Waals surface area contributed by atoms with Gasteiger partial charge in [0.25, 0.3) is 0 Å². The van der Waals surface area contributed by atoms with Crippen LogP contribution in [0, 0.1) is 0 Å². The van der Waals surface area contributed by atoms with E-state index >= 15 is 0 Å². The minimum absolute atomic E-state index is 0.230. The van der Waals surface area contributed by atoms with Gasteiger partial charge in [-0.15, -0.1) is 0 Å². The van der Waals surface area contributed by atoms with Gasteiger partial charge in [0.05, 0.1) is 0 Å². The summed E-state index contributed by atoms with van der Waals surface area (Å²) in [7, 11) is 0. The molecule has 0 aliphatic heterocycles. The highest BCUT2D eigenvalue weighted by atomic mass is 16.1. The van der Waals surface area contributed by atoms with Crippen LogP contribution in [0.15, 0.2) is 22.3 Å². The highest BCUT2D eigenvalue weighted by Crippen LogP contribution is 2.41. The van der Waals surface area contributed by atoms with Gasteiger partial charge in [-0.25, -0.2) is 0 Å². The van der Waals surface area contributed by atoms with Crippen LogP contribution in [-0.2, 0) is 14.4 Å². The molecule has 0 aromatic carbocycles. The zero-order valence-electron chi connectivity index (χ0n) is 13.2. The molecule has 3 aliphatic carbocycles. The van der Waals surface area contributed by atoms with Crippen LogP contribution in [0.1, 0.15) is 77.0 Å². The second kappa shape index (κ2) is 6.72. The van der Waals surface area contributed by atoms with E-state index in [0.717, 1.165) is 62.5 Å². The van der Waals surface area contributed by atoms with Crippen molar-refractivity contribution < 1.29 is 14.4 Å². The van der Waals surface area contributed by atoms with Crippen molar-refractivity contribution >= 4 is 17.3 Å². The number of allylic oxidation sites excluding steroid dienone is 4. The molecular weight excluding hydrogens is 276 g/mol. The van der Waals surface area contributed by atoms with Gasteiger partial charge in [-0.05, 0) is 62.5 Å². The van der Waals surface area contributed by atoms with E-state index in [0.29, 0.717) is 37.2 Å². The van der Waals surface area contributed by atoms with E-state index in [1.807, 2.05) is 0 Å². The standard InChI is InChI=1S/C19H24O3/c20-13-5-1-9-15-16-10-2-6-14(21)8-4-12-18(16)19(22)17(15)11-3-7-13/h1-12H2. The molecule has 0 heterocycles. The van der Waals surface area contributed by atoms with Crippen LogP contribution < -0.4 is 0 Å². The zero-order valence-corrected chi connectivity index (χ0v) is 13.2. The summed E-state index contributed by atoms with van der Waals surface area (Å²) in [5.41, 5.74) is 4.46. The van der Waals surface area contributed by atoms with Crippen molar-refractivity contribution in [3.63, 3.8) is 0 Å². The largest absolute Gasteiger partial charge is 0.300 e. The lowest BCUT2D eigenvalue weighted by atomic mass is 9.94. The van der Waals surface area contributed by atoms with Crippen molar-refractivity contribution in [1.82, 2.24) is 0 Å². The van der Waals surface area contributed by atoms with Crippen molar-refractivity contribution in [2.75, 3.05) is 0 Å². The monoisotopic (exact) mass is 300 g/mol. The Morgan fingerprint density at radius 1 is 0.409 bits per heavy atom. The van der Waals surface area contributed by atoms with Crippen molar-refractivity contribution in [2.24, 2.45) is 0 Å². The zero-order chi connectivity index (χ0) is 15.5. The Kier molecular flexibility index (Phi) is 4.70. The summed E-state index contributed by atoms with van der Waals surface area (Å²) in [6.07, 6.45) is 9.09. The van der Waals surface area contributed by atoms with Crippen LogP contribution in [0.4, 0.5) is 0 Å². The van der Waals surface area contributed by atoms with Gasteiger partial charge in [0, 0.05) is 36.8 Å². The van der Waals surface area contributed by atoms with Gasteiger partial charge in [0.2, 0.25) is 0 Å². The van der Waals surface area contributed by atoms with E-state index in [2.05, 4.69) is 0 Å². The van der Waals surface area contributed by atoms with Crippen LogP contribution in [0.5, 0.6) is 0 Å². The van der Waals surface area contributed by atoms with Gasteiger partial charge in [0.15, 0.2) is 5.78 Å². The average Bonchev–Trinajstić information content (AvgIpc) is 2.81. The Morgan fingerprint density at radius 3 is 1.09 bits per heavy atom. The Bertz CT molecular complexity index is 527. The fourth-order valence-electron chi connectivity index (χ4n) is 4.05. The third-order valence-electron chi connectivity index (χ3n) is 5.17. The number of carbonyl (C=O) groups is 3. The fourth-order valence-corrected chi connectivity index (χ4v) is 4.05. The summed E-state index contributed by atoms with van der Waals surface area (Å²) in [5.74, 6) is 0.902. The van der Waals surface area contributed by atoms with E-state index in [4.69, 9.17) is 0 Å². The molecular formula is C19H24O3. The first-order valence-electron chi connectivity index (χ1n) is 8.69. The second-order valence-electron chi connectivity index (χ2n) is 6.73. The van der Waals surface area contributed by atoms with Crippen molar-refractivity contribution in [2.45, 2.75) is 77.0 Å².